The lowest BCUT2D eigenvalue weighted by Gasteiger charge is -2.37. The third-order valence-electron chi connectivity index (χ3n) is 4.72. The number of aliphatic hydroxyl groups excluding tert-OH is 3. The second kappa shape index (κ2) is 14.7. The molecule has 1 saturated heterocycles. The Hall–Kier alpha value is -0.460. The van der Waals surface area contributed by atoms with Crippen molar-refractivity contribution < 1.29 is 24.8 Å². The summed E-state index contributed by atoms with van der Waals surface area (Å²) >= 11 is 0. The number of unbranched alkanes of at least 4 members (excludes halogenated alkanes) is 8. The number of rotatable bonds is 14. The molecule has 0 unspecified atom stereocenters. The third kappa shape index (κ3) is 9.71. The highest BCUT2D eigenvalue weighted by atomic mass is 16.6. The maximum Gasteiger partial charge on any atom is 0.114 e. The van der Waals surface area contributed by atoms with Crippen LogP contribution in [0.4, 0.5) is 0 Å². The van der Waals surface area contributed by atoms with Crippen LogP contribution in [0.1, 0.15) is 71.1 Å². The van der Waals surface area contributed by atoms with Crippen LogP contribution in [0.15, 0.2) is 12.2 Å². The number of allylic oxidation sites excluding steroid dienone is 2. The van der Waals surface area contributed by atoms with Crippen molar-refractivity contribution in [2.75, 3.05) is 19.8 Å². The summed E-state index contributed by atoms with van der Waals surface area (Å²) in [6.07, 6.45) is 13.5. The molecular weight excluding hydrogens is 320 g/mol. The van der Waals surface area contributed by atoms with Gasteiger partial charge in [-0.05, 0) is 32.1 Å². The van der Waals surface area contributed by atoms with E-state index >= 15 is 0 Å². The van der Waals surface area contributed by atoms with Crippen LogP contribution in [0.3, 0.4) is 0 Å². The van der Waals surface area contributed by atoms with Gasteiger partial charge in [-0.3, -0.25) is 0 Å². The molecule has 148 valence electrons. The van der Waals surface area contributed by atoms with E-state index in [2.05, 4.69) is 19.1 Å². The van der Waals surface area contributed by atoms with E-state index in [0.717, 1.165) is 25.7 Å². The minimum atomic E-state index is -0.994. The maximum atomic E-state index is 9.95. The minimum absolute atomic E-state index is 0.0389. The summed E-state index contributed by atoms with van der Waals surface area (Å²) < 4.78 is 10.9. The number of hydrogen-bond donors (Lipinski definition) is 3. The molecule has 1 rings (SSSR count). The Bertz CT molecular complexity index is 332. The molecule has 0 amide bonds. The summed E-state index contributed by atoms with van der Waals surface area (Å²) in [4.78, 5) is 0. The quantitative estimate of drug-likeness (QED) is 0.329. The molecule has 1 heterocycles. The first kappa shape index (κ1) is 22.6. The van der Waals surface area contributed by atoms with E-state index in [9.17, 15) is 15.3 Å². The molecule has 0 aromatic heterocycles. The average Bonchev–Trinajstić information content (AvgIpc) is 2.62. The van der Waals surface area contributed by atoms with Crippen LogP contribution in [0.2, 0.25) is 0 Å². The Morgan fingerprint density at radius 3 is 2.24 bits per heavy atom. The van der Waals surface area contributed by atoms with Gasteiger partial charge in [-0.25, -0.2) is 0 Å². The number of ether oxygens (including phenoxy) is 2. The highest BCUT2D eigenvalue weighted by Gasteiger charge is 2.39. The lowest BCUT2D eigenvalue weighted by atomic mass is 10.0. The summed E-state index contributed by atoms with van der Waals surface area (Å²) in [5.74, 6) is 0. The molecule has 0 aromatic rings. The van der Waals surface area contributed by atoms with Crippen LogP contribution < -0.4 is 0 Å². The third-order valence-corrected chi connectivity index (χ3v) is 4.72. The summed E-state index contributed by atoms with van der Waals surface area (Å²) in [7, 11) is 0. The fourth-order valence-corrected chi connectivity index (χ4v) is 3.08. The van der Waals surface area contributed by atoms with Crippen LogP contribution in [0, 0.1) is 0 Å². The Balaban J connectivity index is 1.98. The van der Waals surface area contributed by atoms with E-state index < -0.39 is 24.4 Å². The second-order valence-electron chi connectivity index (χ2n) is 6.97. The maximum absolute atomic E-state index is 9.95. The van der Waals surface area contributed by atoms with Crippen LogP contribution in [-0.2, 0) is 9.47 Å². The lowest BCUT2D eigenvalue weighted by molar-refractivity contribution is -0.211. The Morgan fingerprint density at radius 1 is 0.960 bits per heavy atom. The van der Waals surface area contributed by atoms with E-state index in [1.54, 1.807) is 0 Å². The van der Waals surface area contributed by atoms with Gasteiger partial charge in [0.25, 0.3) is 0 Å². The number of aliphatic hydroxyl groups is 3. The van der Waals surface area contributed by atoms with Gasteiger partial charge >= 0.3 is 0 Å². The standard InChI is InChI=1S/C20H38O5/c1-2-3-4-5-6-7-8-9-10-11-12-13-14-24-20-18(15-21)25-16-17(22)19(20)23/h8-9,17-23H,2-7,10-16H2,1H3/b9-8+/t17-,18+,19+,20+/m1/s1. The van der Waals surface area contributed by atoms with Gasteiger partial charge < -0.3 is 24.8 Å². The first-order chi connectivity index (χ1) is 12.2. The molecule has 4 atom stereocenters. The molecule has 3 N–H and O–H groups in total. The smallest absolute Gasteiger partial charge is 0.114 e. The molecule has 0 aliphatic carbocycles. The van der Waals surface area contributed by atoms with E-state index in [0.29, 0.717) is 6.61 Å². The monoisotopic (exact) mass is 358 g/mol. The molecule has 1 aliphatic heterocycles. The zero-order chi connectivity index (χ0) is 18.3. The van der Waals surface area contributed by atoms with Crippen LogP contribution in [0.5, 0.6) is 0 Å². The summed E-state index contributed by atoms with van der Waals surface area (Å²) in [5, 5.41) is 28.8. The molecule has 0 saturated carbocycles. The molecule has 0 spiro atoms. The van der Waals surface area contributed by atoms with Gasteiger partial charge in [0.2, 0.25) is 0 Å². The predicted molar refractivity (Wildman–Crippen MR) is 99.6 cm³/mol. The highest BCUT2D eigenvalue weighted by Crippen LogP contribution is 2.19. The molecule has 1 fully saturated rings. The van der Waals surface area contributed by atoms with Gasteiger partial charge in [-0.15, -0.1) is 0 Å². The van der Waals surface area contributed by atoms with Crippen LogP contribution in [0.25, 0.3) is 0 Å². The first-order valence-corrected chi connectivity index (χ1v) is 10.1. The summed E-state index contributed by atoms with van der Waals surface area (Å²) in [6, 6.07) is 0. The van der Waals surface area contributed by atoms with Crippen molar-refractivity contribution in [1.29, 1.82) is 0 Å². The lowest BCUT2D eigenvalue weighted by Crippen LogP contribution is -2.55. The zero-order valence-corrected chi connectivity index (χ0v) is 15.8. The van der Waals surface area contributed by atoms with Gasteiger partial charge in [0.05, 0.1) is 13.2 Å². The fourth-order valence-electron chi connectivity index (χ4n) is 3.08. The van der Waals surface area contributed by atoms with Crippen molar-refractivity contribution in [3.05, 3.63) is 12.2 Å². The molecule has 1 aliphatic rings. The topological polar surface area (TPSA) is 79.2 Å². The molecule has 25 heavy (non-hydrogen) atoms. The molecule has 5 heteroatoms. The molecule has 0 radical (unpaired) electrons. The Labute approximate surface area is 153 Å². The fraction of sp³-hybridized carbons (Fsp3) is 0.900. The van der Waals surface area contributed by atoms with Crippen molar-refractivity contribution in [1.82, 2.24) is 0 Å². The van der Waals surface area contributed by atoms with E-state index in [-0.39, 0.29) is 13.2 Å². The Morgan fingerprint density at radius 2 is 1.60 bits per heavy atom. The van der Waals surface area contributed by atoms with Crippen molar-refractivity contribution in [3.8, 4) is 0 Å². The van der Waals surface area contributed by atoms with Crippen molar-refractivity contribution in [2.45, 2.75) is 95.5 Å². The van der Waals surface area contributed by atoms with Crippen molar-refractivity contribution in [2.24, 2.45) is 0 Å². The Kier molecular flexibility index (Phi) is 13.3. The predicted octanol–water partition coefficient (Wildman–Crippen LogP) is 2.96. The molecular formula is C20H38O5. The molecule has 0 bridgehead atoms. The first-order valence-electron chi connectivity index (χ1n) is 10.1. The molecule has 0 aromatic carbocycles. The molecule has 5 nitrogen and oxygen atoms in total. The second-order valence-corrected chi connectivity index (χ2v) is 6.97. The zero-order valence-electron chi connectivity index (χ0n) is 15.8. The normalized spacial score (nSPS) is 27.2. The van der Waals surface area contributed by atoms with Gasteiger partial charge in [-0.1, -0.05) is 51.2 Å². The highest BCUT2D eigenvalue weighted by molar-refractivity contribution is 4.87. The average molecular weight is 359 g/mol. The van der Waals surface area contributed by atoms with Gasteiger partial charge in [0.1, 0.15) is 24.4 Å². The van der Waals surface area contributed by atoms with Crippen molar-refractivity contribution in [3.63, 3.8) is 0 Å². The van der Waals surface area contributed by atoms with Crippen LogP contribution >= 0.6 is 0 Å². The largest absolute Gasteiger partial charge is 0.394 e. The van der Waals surface area contributed by atoms with Crippen LogP contribution in [-0.4, -0.2) is 59.6 Å². The summed E-state index contributed by atoms with van der Waals surface area (Å²) in [5.41, 5.74) is 0. The van der Waals surface area contributed by atoms with E-state index in [1.165, 1.54) is 38.5 Å². The summed E-state index contributed by atoms with van der Waals surface area (Å²) in [6.45, 7) is 2.58. The van der Waals surface area contributed by atoms with Gasteiger partial charge in [0, 0.05) is 6.61 Å². The van der Waals surface area contributed by atoms with Gasteiger partial charge in [-0.2, -0.15) is 0 Å². The van der Waals surface area contributed by atoms with Crippen molar-refractivity contribution >= 4 is 0 Å². The van der Waals surface area contributed by atoms with Gasteiger partial charge in [0.15, 0.2) is 0 Å². The van der Waals surface area contributed by atoms with E-state index in [4.69, 9.17) is 9.47 Å². The number of hydrogen-bond acceptors (Lipinski definition) is 5. The minimum Gasteiger partial charge on any atom is -0.394 e. The SMILES string of the molecule is CCCCCCC/C=C/CCCCCO[C@@H]1[C@@H](O)[C@H](O)CO[C@H]1CO. The van der Waals surface area contributed by atoms with E-state index in [1.807, 2.05) is 0 Å².